The Balaban J connectivity index is 1.74. The number of piperazine rings is 1. The minimum atomic E-state index is -0.00667. The van der Waals surface area contributed by atoms with Gasteiger partial charge in [-0.05, 0) is 28.4 Å². The van der Waals surface area contributed by atoms with Crippen molar-refractivity contribution in [3.63, 3.8) is 0 Å². The first-order valence-corrected chi connectivity index (χ1v) is 7.14. The Labute approximate surface area is 119 Å². The lowest BCUT2D eigenvalue weighted by Gasteiger charge is -2.37. The normalized spacial score (nSPS) is 22.6. The molecule has 5 nitrogen and oxygen atoms in total. The second-order valence-electron chi connectivity index (χ2n) is 4.92. The third-order valence-electron chi connectivity index (χ3n) is 3.73. The van der Waals surface area contributed by atoms with E-state index in [0.29, 0.717) is 31.6 Å². The molecule has 1 aromatic rings. The molecule has 3 heterocycles. The second kappa shape index (κ2) is 4.92. The van der Waals surface area contributed by atoms with E-state index in [1.54, 1.807) is 18.5 Å². The lowest BCUT2D eigenvalue weighted by atomic mass is 10.1. The molecule has 0 radical (unpaired) electrons. The number of hydrogen-bond donors (Lipinski definition) is 0. The first-order valence-electron chi connectivity index (χ1n) is 6.34. The Hall–Kier alpha value is -1.43. The summed E-state index contributed by atoms with van der Waals surface area (Å²) >= 11 is 3.32. The van der Waals surface area contributed by atoms with Crippen molar-refractivity contribution in [3.05, 3.63) is 28.5 Å². The van der Waals surface area contributed by atoms with E-state index >= 15 is 0 Å². The van der Waals surface area contributed by atoms with Crippen molar-refractivity contribution < 1.29 is 9.59 Å². The molecule has 0 N–H and O–H groups in total. The molecule has 0 saturated carbocycles. The number of nitrogens with zero attached hydrogens (tertiary/aromatic N) is 3. The van der Waals surface area contributed by atoms with Crippen LogP contribution in [0.4, 0.5) is 0 Å². The van der Waals surface area contributed by atoms with Crippen molar-refractivity contribution in [2.75, 3.05) is 19.6 Å². The van der Waals surface area contributed by atoms with Crippen LogP contribution < -0.4 is 0 Å². The molecule has 0 aromatic carbocycles. The monoisotopic (exact) mass is 323 g/mol. The van der Waals surface area contributed by atoms with Crippen LogP contribution in [0.25, 0.3) is 0 Å². The number of carbonyl (C=O) groups is 2. The first kappa shape index (κ1) is 12.6. The van der Waals surface area contributed by atoms with Gasteiger partial charge in [0.2, 0.25) is 5.91 Å². The van der Waals surface area contributed by atoms with Gasteiger partial charge in [-0.25, -0.2) is 0 Å². The van der Waals surface area contributed by atoms with Crippen LogP contribution in [-0.2, 0) is 4.79 Å². The number of rotatable bonds is 1. The number of pyridine rings is 1. The smallest absolute Gasteiger partial charge is 0.255 e. The standard InChI is InChI=1S/C13H14BrN3O2/c14-10-5-9(6-15-7-10)13(19)16-3-4-17-11(8-16)1-2-12(17)18/h5-7,11H,1-4,8H2. The third-order valence-corrected chi connectivity index (χ3v) is 4.17. The quantitative estimate of drug-likeness (QED) is 0.782. The zero-order valence-electron chi connectivity index (χ0n) is 10.4. The van der Waals surface area contributed by atoms with Crippen LogP contribution in [0.1, 0.15) is 23.2 Å². The average molecular weight is 324 g/mol. The average Bonchev–Trinajstić information content (AvgIpc) is 2.79. The minimum absolute atomic E-state index is 0.00667. The topological polar surface area (TPSA) is 53.5 Å². The number of hydrogen-bond acceptors (Lipinski definition) is 3. The largest absolute Gasteiger partial charge is 0.336 e. The predicted molar refractivity (Wildman–Crippen MR) is 72.6 cm³/mol. The number of fused-ring (bicyclic) bond motifs is 1. The molecule has 2 amide bonds. The van der Waals surface area contributed by atoms with Crippen molar-refractivity contribution in [1.29, 1.82) is 0 Å². The molecule has 1 atom stereocenters. The Morgan fingerprint density at radius 1 is 1.37 bits per heavy atom. The highest BCUT2D eigenvalue weighted by molar-refractivity contribution is 9.10. The Morgan fingerprint density at radius 2 is 2.21 bits per heavy atom. The van der Waals surface area contributed by atoms with E-state index in [0.717, 1.165) is 10.9 Å². The maximum absolute atomic E-state index is 12.4. The van der Waals surface area contributed by atoms with Crippen molar-refractivity contribution in [3.8, 4) is 0 Å². The number of aromatic nitrogens is 1. The van der Waals surface area contributed by atoms with E-state index in [1.807, 2.05) is 9.80 Å². The van der Waals surface area contributed by atoms with Crippen LogP contribution in [0.2, 0.25) is 0 Å². The van der Waals surface area contributed by atoms with Crippen molar-refractivity contribution in [2.24, 2.45) is 0 Å². The van der Waals surface area contributed by atoms with Gasteiger partial charge in [0.25, 0.3) is 5.91 Å². The summed E-state index contributed by atoms with van der Waals surface area (Å²) in [5.74, 6) is 0.217. The molecular weight excluding hydrogens is 310 g/mol. The lowest BCUT2D eigenvalue weighted by molar-refractivity contribution is -0.130. The highest BCUT2D eigenvalue weighted by Gasteiger charge is 2.37. The molecule has 0 spiro atoms. The van der Waals surface area contributed by atoms with Crippen LogP contribution >= 0.6 is 15.9 Å². The molecule has 2 aliphatic rings. The molecule has 0 bridgehead atoms. The summed E-state index contributed by atoms with van der Waals surface area (Å²) in [6, 6.07) is 1.98. The maximum atomic E-state index is 12.4. The summed E-state index contributed by atoms with van der Waals surface area (Å²) in [5, 5.41) is 0. The minimum Gasteiger partial charge on any atom is -0.336 e. The predicted octanol–water partition coefficient (Wildman–Crippen LogP) is 1.29. The third kappa shape index (κ3) is 2.36. The fourth-order valence-corrected chi connectivity index (χ4v) is 3.13. The van der Waals surface area contributed by atoms with E-state index < -0.39 is 0 Å². The van der Waals surface area contributed by atoms with Gasteiger partial charge in [0.1, 0.15) is 0 Å². The SMILES string of the molecule is O=C(c1cncc(Br)c1)N1CCN2C(=O)CCC2C1. The van der Waals surface area contributed by atoms with E-state index in [9.17, 15) is 9.59 Å². The Kier molecular flexibility index (Phi) is 3.26. The van der Waals surface area contributed by atoms with Gasteiger partial charge in [0, 0.05) is 49.0 Å². The van der Waals surface area contributed by atoms with E-state index in [2.05, 4.69) is 20.9 Å². The molecule has 1 unspecified atom stereocenters. The van der Waals surface area contributed by atoms with Gasteiger partial charge >= 0.3 is 0 Å². The number of halogens is 1. The fraction of sp³-hybridized carbons (Fsp3) is 0.462. The zero-order valence-corrected chi connectivity index (χ0v) is 12.0. The van der Waals surface area contributed by atoms with E-state index in [-0.39, 0.29) is 17.9 Å². The molecule has 0 aliphatic carbocycles. The molecule has 3 rings (SSSR count). The molecule has 100 valence electrons. The van der Waals surface area contributed by atoms with Gasteiger partial charge in [0.05, 0.1) is 5.56 Å². The highest BCUT2D eigenvalue weighted by Crippen LogP contribution is 2.24. The van der Waals surface area contributed by atoms with Crippen molar-refractivity contribution in [1.82, 2.24) is 14.8 Å². The fourth-order valence-electron chi connectivity index (χ4n) is 2.76. The second-order valence-corrected chi connectivity index (χ2v) is 5.84. The number of amides is 2. The summed E-state index contributed by atoms with van der Waals surface area (Å²) in [4.78, 5) is 31.7. The maximum Gasteiger partial charge on any atom is 0.255 e. The molecular formula is C13H14BrN3O2. The van der Waals surface area contributed by atoms with Gasteiger partial charge in [-0.3, -0.25) is 14.6 Å². The highest BCUT2D eigenvalue weighted by atomic mass is 79.9. The van der Waals surface area contributed by atoms with Crippen LogP contribution in [0, 0.1) is 0 Å². The van der Waals surface area contributed by atoms with Gasteiger partial charge in [-0.1, -0.05) is 0 Å². The van der Waals surface area contributed by atoms with Crippen molar-refractivity contribution in [2.45, 2.75) is 18.9 Å². The first-order chi connectivity index (χ1) is 9.15. The molecule has 19 heavy (non-hydrogen) atoms. The van der Waals surface area contributed by atoms with Crippen LogP contribution in [0.15, 0.2) is 22.9 Å². The molecule has 1 aromatic heterocycles. The molecule has 2 saturated heterocycles. The van der Waals surface area contributed by atoms with Crippen LogP contribution in [0.3, 0.4) is 0 Å². The molecule has 2 aliphatic heterocycles. The summed E-state index contributed by atoms with van der Waals surface area (Å²) in [5.41, 5.74) is 0.590. The summed E-state index contributed by atoms with van der Waals surface area (Å²) in [7, 11) is 0. The van der Waals surface area contributed by atoms with E-state index in [4.69, 9.17) is 0 Å². The summed E-state index contributed by atoms with van der Waals surface area (Å²) in [6.45, 7) is 1.89. The van der Waals surface area contributed by atoms with Gasteiger partial charge in [-0.15, -0.1) is 0 Å². The zero-order chi connectivity index (χ0) is 13.4. The molecule has 2 fully saturated rings. The van der Waals surface area contributed by atoms with Crippen LogP contribution in [0.5, 0.6) is 0 Å². The van der Waals surface area contributed by atoms with Gasteiger partial charge in [-0.2, -0.15) is 0 Å². The Morgan fingerprint density at radius 3 is 3.00 bits per heavy atom. The molecule has 6 heteroatoms. The van der Waals surface area contributed by atoms with Crippen LogP contribution in [-0.4, -0.2) is 52.3 Å². The lowest BCUT2D eigenvalue weighted by Crippen LogP contribution is -2.53. The summed E-state index contributed by atoms with van der Waals surface area (Å²) < 4.78 is 0.799. The van der Waals surface area contributed by atoms with Crippen molar-refractivity contribution >= 4 is 27.7 Å². The van der Waals surface area contributed by atoms with Gasteiger partial charge in [0.15, 0.2) is 0 Å². The Bertz CT molecular complexity index is 534. The number of carbonyl (C=O) groups excluding carboxylic acids is 2. The van der Waals surface area contributed by atoms with E-state index in [1.165, 1.54) is 0 Å². The summed E-state index contributed by atoms with van der Waals surface area (Å²) in [6.07, 6.45) is 4.72. The van der Waals surface area contributed by atoms with Gasteiger partial charge < -0.3 is 9.80 Å².